The lowest BCUT2D eigenvalue weighted by atomic mass is 10.2. The van der Waals surface area contributed by atoms with Gasteiger partial charge in [-0.1, -0.05) is 32.0 Å². The lowest BCUT2D eigenvalue weighted by molar-refractivity contribution is -0.117. The quantitative estimate of drug-likeness (QED) is 0.589. The molecule has 7 nitrogen and oxygen atoms in total. The molecule has 0 aliphatic carbocycles. The fourth-order valence-electron chi connectivity index (χ4n) is 3.12. The largest absolute Gasteiger partial charge is 0.494 e. The highest BCUT2D eigenvalue weighted by atomic mass is 32.2. The highest BCUT2D eigenvalue weighted by Crippen LogP contribution is 2.19. The van der Waals surface area contributed by atoms with E-state index < -0.39 is 10.0 Å². The van der Waals surface area contributed by atoms with E-state index in [-0.39, 0.29) is 17.3 Å². The average molecular weight is 434 g/mol. The molecular formula is C22H31N3O4S. The first-order valence-electron chi connectivity index (χ1n) is 10.1. The molecule has 1 N–H and O–H groups in total. The molecule has 0 radical (unpaired) electrons. The highest BCUT2D eigenvalue weighted by Gasteiger charge is 2.21. The normalized spacial score (nSPS) is 11.7. The third-order valence-electron chi connectivity index (χ3n) is 4.56. The molecule has 0 atom stereocenters. The molecule has 0 unspecified atom stereocenters. The van der Waals surface area contributed by atoms with Crippen LogP contribution >= 0.6 is 0 Å². The van der Waals surface area contributed by atoms with Crippen molar-refractivity contribution in [3.8, 4) is 5.75 Å². The van der Waals surface area contributed by atoms with Gasteiger partial charge in [-0.2, -0.15) is 4.31 Å². The van der Waals surface area contributed by atoms with Crippen LogP contribution in [0.15, 0.2) is 53.4 Å². The second kappa shape index (κ2) is 11.1. The summed E-state index contributed by atoms with van der Waals surface area (Å²) in [4.78, 5) is 14.5. The molecule has 0 saturated heterocycles. The van der Waals surface area contributed by atoms with Crippen LogP contribution in [0.4, 0.5) is 5.69 Å². The maximum atomic E-state index is 12.7. The van der Waals surface area contributed by atoms with E-state index in [4.69, 9.17) is 4.74 Å². The van der Waals surface area contributed by atoms with Gasteiger partial charge in [-0.05, 0) is 49.9 Å². The summed E-state index contributed by atoms with van der Waals surface area (Å²) in [5.74, 6) is 0.613. The molecule has 0 heterocycles. The van der Waals surface area contributed by atoms with E-state index in [1.54, 1.807) is 32.0 Å². The van der Waals surface area contributed by atoms with E-state index in [0.717, 1.165) is 11.3 Å². The molecule has 0 spiro atoms. The average Bonchev–Trinajstić information content (AvgIpc) is 2.70. The van der Waals surface area contributed by atoms with Crippen LogP contribution in [0.1, 0.15) is 26.3 Å². The summed E-state index contributed by atoms with van der Waals surface area (Å²) < 4.78 is 32.2. The first-order valence-corrected chi connectivity index (χ1v) is 11.5. The Morgan fingerprint density at radius 2 is 1.70 bits per heavy atom. The Kier molecular flexibility index (Phi) is 8.83. The van der Waals surface area contributed by atoms with Crippen LogP contribution < -0.4 is 10.1 Å². The third kappa shape index (κ3) is 6.55. The van der Waals surface area contributed by atoms with Crippen LogP contribution in [0.3, 0.4) is 0 Å². The molecule has 0 bridgehead atoms. The molecule has 0 fully saturated rings. The van der Waals surface area contributed by atoms with Gasteiger partial charge in [-0.3, -0.25) is 9.69 Å². The summed E-state index contributed by atoms with van der Waals surface area (Å²) in [5, 5.41) is 2.79. The molecular weight excluding hydrogens is 402 g/mol. The minimum absolute atomic E-state index is 0.173. The van der Waals surface area contributed by atoms with Gasteiger partial charge in [0.1, 0.15) is 5.75 Å². The van der Waals surface area contributed by atoms with Gasteiger partial charge in [-0.25, -0.2) is 8.42 Å². The second-order valence-electron chi connectivity index (χ2n) is 6.91. The van der Waals surface area contributed by atoms with Gasteiger partial charge in [0.25, 0.3) is 0 Å². The Morgan fingerprint density at radius 3 is 2.30 bits per heavy atom. The molecule has 164 valence electrons. The standard InChI is InChI=1S/C22H31N3O4S/c1-5-25(6-2)30(27,28)21-10-8-9-19(15-21)23-22(26)17-24(4)16-18-11-13-20(14-12-18)29-7-3/h8-15H,5-7,16-17H2,1-4H3,(H,23,26). The van der Waals surface area contributed by atoms with Crippen LogP contribution in [-0.2, 0) is 21.4 Å². The summed E-state index contributed by atoms with van der Waals surface area (Å²) in [6.45, 7) is 7.74. The Morgan fingerprint density at radius 1 is 1.03 bits per heavy atom. The number of anilines is 1. The number of sulfonamides is 1. The lowest BCUT2D eigenvalue weighted by Gasteiger charge is -2.19. The number of amides is 1. The maximum absolute atomic E-state index is 12.7. The monoisotopic (exact) mass is 433 g/mol. The Balaban J connectivity index is 1.97. The second-order valence-corrected chi connectivity index (χ2v) is 8.85. The van der Waals surface area contributed by atoms with Crippen LogP contribution in [-0.4, -0.2) is 56.8 Å². The van der Waals surface area contributed by atoms with E-state index in [1.165, 1.54) is 10.4 Å². The summed E-state index contributed by atoms with van der Waals surface area (Å²) >= 11 is 0. The van der Waals surface area contributed by atoms with Crippen molar-refractivity contribution < 1.29 is 17.9 Å². The minimum Gasteiger partial charge on any atom is -0.494 e. The Bertz CT molecular complexity index is 926. The van der Waals surface area contributed by atoms with Gasteiger partial charge in [0.05, 0.1) is 18.0 Å². The number of carbonyl (C=O) groups is 1. The minimum atomic E-state index is -3.57. The van der Waals surface area contributed by atoms with E-state index in [2.05, 4.69) is 5.32 Å². The molecule has 0 aliphatic heterocycles. The first-order chi connectivity index (χ1) is 14.3. The molecule has 2 rings (SSSR count). The van der Waals surface area contributed by atoms with Gasteiger partial charge >= 0.3 is 0 Å². The van der Waals surface area contributed by atoms with E-state index in [9.17, 15) is 13.2 Å². The van der Waals surface area contributed by atoms with E-state index in [1.807, 2.05) is 43.1 Å². The van der Waals surface area contributed by atoms with Crippen molar-refractivity contribution >= 4 is 21.6 Å². The number of hydrogen-bond donors (Lipinski definition) is 1. The first kappa shape index (κ1) is 23.9. The number of carbonyl (C=O) groups excluding carboxylic acids is 1. The van der Waals surface area contributed by atoms with E-state index in [0.29, 0.717) is 31.9 Å². The van der Waals surface area contributed by atoms with Crippen molar-refractivity contribution in [2.45, 2.75) is 32.2 Å². The topological polar surface area (TPSA) is 79.0 Å². The van der Waals surface area contributed by atoms with Crippen LogP contribution in [0.25, 0.3) is 0 Å². The van der Waals surface area contributed by atoms with Crippen LogP contribution in [0, 0.1) is 0 Å². The fourth-order valence-corrected chi connectivity index (χ4v) is 4.62. The number of hydrogen-bond acceptors (Lipinski definition) is 5. The zero-order valence-electron chi connectivity index (χ0n) is 18.1. The summed E-state index contributed by atoms with van der Waals surface area (Å²) in [5.41, 5.74) is 1.53. The summed E-state index contributed by atoms with van der Waals surface area (Å²) in [6.07, 6.45) is 0. The summed E-state index contributed by atoms with van der Waals surface area (Å²) in [7, 11) is -1.71. The SMILES string of the molecule is CCOc1ccc(CN(C)CC(=O)Nc2cccc(S(=O)(=O)N(CC)CC)c2)cc1. The Labute approximate surface area is 179 Å². The van der Waals surface area contributed by atoms with Crippen molar-refractivity contribution in [2.24, 2.45) is 0 Å². The zero-order chi connectivity index (χ0) is 22.1. The van der Waals surface area contributed by atoms with Gasteiger partial charge in [0.15, 0.2) is 0 Å². The van der Waals surface area contributed by atoms with Crippen molar-refractivity contribution in [3.05, 3.63) is 54.1 Å². The molecule has 8 heteroatoms. The highest BCUT2D eigenvalue weighted by molar-refractivity contribution is 7.89. The molecule has 30 heavy (non-hydrogen) atoms. The third-order valence-corrected chi connectivity index (χ3v) is 6.61. The van der Waals surface area contributed by atoms with Crippen molar-refractivity contribution in [2.75, 3.05) is 38.6 Å². The predicted molar refractivity (Wildman–Crippen MR) is 119 cm³/mol. The number of benzene rings is 2. The molecule has 2 aromatic carbocycles. The van der Waals surface area contributed by atoms with Crippen molar-refractivity contribution in [1.82, 2.24) is 9.21 Å². The van der Waals surface area contributed by atoms with Crippen LogP contribution in [0.5, 0.6) is 5.75 Å². The van der Waals surface area contributed by atoms with E-state index >= 15 is 0 Å². The smallest absolute Gasteiger partial charge is 0.243 e. The molecule has 0 aliphatic rings. The molecule has 0 aromatic heterocycles. The number of likely N-dealkylation sites (N-methyl/N-ethyl adjacent to an activating group) is 1. The fraction of sp³-hybridized carbons (Fsp3) is 0.409. The van der Waals surface area contributed by atoms with Crippen molar-refractivity contribution in [3.63, 3.8) is 0 Å². The van der Waals surface area contributed by atoms with Gasteiger partial charge in [-0.15, -0.1) is 0 Å². The number of nitrogens with one attached hydrogen (secondary N) is 1. The predicted octanol–water partition coefficient (Wildman–Crippen LogP) is 3.19. The maximum Gasteiger partial charge on any atom is 0.243 e. The van der Waals surface area contributed by atoms with Gasteiger partial charge in [0.2, 0.25) is 15.9 Å². The lowest BCUT2D eigenvalue weighted by Crippen LogP contribution is -2.31. The molecule has 2 aromatic rings. The number of ether oxygens (including phenoxy) is 1. The Hall–Kier alpha value is -2.42. The number of nitrogens with zero attached hydrogens (tertiary/aromatic N) is 2. The van der Waals surface area contributed by atoms with Crippen LogP contribution in [0.2, 0.25) is 0 Å². The molecule has 0 saturated carbocycles. The zero-order valence-corrected chi connectivity index (χ0v) is 18.9. The van der Waals surface area contributed by atoms with Crippen molar-refractivity contribution in [1.29, 1.82) is 0 Å². The van der Waals surface area contributed by atoms with Gasteiger partial charge < -0.3 is 10.1 Å². The number of rotatable bonds is 11. The molecule has 1 amide bonds. The summed E-state index contributed by atoms with van der Waals surface area (Å²) in [6, 6.07) is 14.1. The van der Waals surface area contributed by atoms with Gasteiger partial charge in [0, 0.05) is 25.3 Å².